The van der Waals surface area contributed by atoms with Crippen LogP contribution in [0.25, 0.3) is 0 Å². The Labute approximate surface area is 140 Å². The zero-order valence-electron chi connectivity index (χ0n) is 10.7. The summed E-state index contributed by atoms with van der Waals surface area (Å²) in [6.45, 7) is 7.22. The Morgan fingerprint density at radius 1 is 1.25 bits per heavy atom. The topological polar surface area (TPSA) is 56.8 Å². The Balaban J connectivity index is 0. The molecule has 0 bridgehead atoms. The van der Waals surface area contributed by atoms with Crippen molar-refractivity contribution in [3.63, 3.8) is 0 Å². The molecule has 0 saturated carbocycles. The molecule has 0 aliphatic heterocycles. The van der Waals surface area contributed by atoms with Crippen molar-refractivity contribution in [2.45, 2.75) is 26.4 Å². The molecule has 0 unspecified atom stereocenters. The first-order chi connectivity index (χ1) is 6.95. The van der Waals surface area contributed by atoms with E-state index in [1.165, 1.54) is 0 Å². The summed E-state index contributed by atoms with van der Waals surface area (Å²) in [5.41, 5.74) is -0.466. The Bertz CT molecular complexity index is 182. The van der Waals surface area contributed by atoms with Crippen molar-refractivity contribution in [1.29, 1.82) is 0 Å². The molecule has 0 rings (SSSR count). The maximum atomic E-state index is 11.1. The second-order valence-corrected chi connectivity index (χ2v) is 3.95. The summed E-state index contributed by atoms with van der Waals surface area (Å²) in [6.07, 6.45) is -0.431. The van der Waals surface area contributed by atoms with Gasteiger partial charge in [-0.1, -0.05) is 0 Å². The molecule has 1 N–H and O–H groups in total. The molecule has 16 heavy (non-hydrogen) atoms. The molecule has 0 aromatic carbocycles. The minimum absolute atomic E-state index is 0. The monoisotopic (exact) mass is 257 g/mol. The summed E-state index contributed by atoms with van der Waals surface area (Å²) in [7, 11) is 3.20. The third-order valence-corrected chi connectivity index (χ3v) is 1.29. The molecule has 0 spiro atoms. The molecule has 0 saturated heterocycles. The van der Waals surface area contributed by atoms with Crippen LogP contribution in [0, 0.1) is 7.11 Å². The standard InChI is InChI=1S/C10H20NO4.K/c1-10(2,3)15-9(12)11-5-6-14-8-7-13-4;/h4-8H2,1-3H3,(H,11,12);/q-1;+1. The van der Waals surface area contributed by atoms with E-state index >= 15 is 0 Å². The van der Waals surface area contributed by atoms with Crippen LogP contribution in [0.3, 0.4) is 0 Å². The second-order valence-electron chi connectivity index (χ2n) is 3.95. The molecule has 0 atom stereocenters. The van der Waals surface area contributed by atoms with Crippen LogP contribution in [0.15, 0.2) is 0 Å². The number of ether oxygens (including phenoxy) is 3. The minimum atomic E-state index is -0.466. The number of carbonyl (C=O) groups excluding carboxylic acids is 1. The Morgan fingerprint density at radius 2 is 1.88 bits per heavy atom. The smallest absolute Gasteiger partial charge is 0.553 e. The number of alkyl carbamates (subject to hydrolysis) is 1. The van der Waals surface area contributed by atoms with Gasteiger partial charge in [-0.15, -0.1) is 0 Å². The van der Waals surface area contributed by atoms with Crippen molar-refractivity contribution >= 4 is 6.09 Å². The van der Waals surface area contributed by atoms with Crippen LogP contribution in [0.2, 0.25) is 0 Å². The van der Waals surface area contributed by atoms with E-state index in [1.54, 1.807) is 0 Å². The van der Waals surface area contributed by atoms with Gasteiger partial charge in [-0.05, 0) is 20.8 Å². The fourth-order valence-corrected chi connectivity index (χ4v) is 0.759. The molecule has 6 heteroatoms. The summed E-state index contributed by atoms with van der Waals surface area (Å²) >= 11 is 0. The first-order valence-electron chi connectivity index (χ1n) is 4.87. The van der Waals surface area contributed by atoms with Gasteiger partial charge in [0.1, 0.15) is 5.60 Å². The van der Waals surface area contributed by atoms with Crippen molar-refractivity contribution in [3.05, 3.63) is 7.11 Å². The molecule has 5 nitrogen and oxygen atoms in total. The van der Waals surface area contributed by atoms with Gasteiger partial charge in [0.25, 0.3) is 0 Å². The summed E-state index contributed by atoms with van der Waals surface area (Å²) in [4.78, 5) is 11.1. The first-order valence-corrected chi connectivity index (χ1v) is 4.87. The molecule has 0 aliphatic carbocycles. The number of rotatable bonds is 6. The molecule has 1 amide bonds. The van der Waals surface area contributed by atoms with Gasteiger partial charge >= 0.3 is 57.5 Å². The van der Waals surface area contributed by atoms with E-state index in [0.29, 0.717) is 26.4 Å². The van der Waals surface area contributed by atoms with Crippen molar-refractivity contribution in [2.75, 3.05) is 26.4 Å². The van der Waals surface area contributed by atoms with E-state index in [-0.39, 0.29) is 51.4 Å². The van der Waals surface area contributed by atoms with E-state index in [4.69, 9.17) is 9.47 Å². The van der Waals surface area contributed by atoms with Crippen molar-refractivity contribution in [1.82, 2.24) is 5.32 Å². The van der Waals surface area contributed by atoms with E-state index in [0.717, 1.165) is 0 Å². The van der Waals surface area contributed by atoms with Gasteiger partial charge < -0.3 is 19.5 Å². The van der Waals surface area contributed by atoms with E-state index < -0.39 is 11.7 Å². The van der Waals surface area contributed by atoms with Gasteiger partial charge in [0.2, 0.25) is 0 Å². The first kappa shape index (κ1) is 19.2. The van der Waals surface area contributed by atoms with E-state index in [1.807, 2.05) is 20.8 Å². The predicted octanol–water partition coefficient (Wildman–Crippen LogP) is -1.66. The summed E-state index contributed by atoms with van der Waals surface area (Å²) in [6, 6.07) is 0. The third-order valence-electron chi connectivity index (χ3n) is 1.29. The SMILES string of the molecule is [CH2-]OCCOCCNC(=O)OC(C)(C)C.[K+]. The third kappa shape index (κ3) is 14.8. The van der Waals surface area contributed by atoms with Gasteiger partial charge in [0.15, 0.2) is 0 Å². The molecular weight excluding hydrogens is 237 g/mol. The molecule has 0 radical (unpaired) electrons. The fraction of sp³-hybridized carbons (Fsp3) is 0.800. The van der Waals surface area contributed by atoms with Crippen molar-refractivity contribution in [3.8, 4) is 0 Å². The van der Waals surface area contributed by atoms with Crippen molar-refractivity contribution < 1.29 is 70.4 Å². The number of hydrogen-bond acceptors (Lipinski definition) is 4. The van der Waals surface area contributed by atoms with Gasteiger partial charge in [-0.2, -0.15) is 0 Å². The van der Waals surface area contributed by atoms with Crippen molar-refractivity contribution in [2.24, 2.45) is 0 Å². The summed E-state index contributed by atoms with van der Waals surface area (Å²) < 4.78 is 14.7. The summed E-state index contributed by atoms with van der Waals surface area (Å²) in [5, 5.41) is 2.57. The molecule has 90 valence electrons. The molecule has 0 fully saturated rings. The zero-order valence-corrected chi connectivity index (χ0v) is 13.8. The van der Waals surface area contributed by atoms with Crippen LogP contribution >= 0.6 is 0 Å². The van der Waals surface area contributed by atoms with Crippen LogP contribution in [0.5, 0.6) is 0 Å². The van der Waals surface area contributed by atoms with Crippen LogP contribution in [0.1, 0.15) is 20.8 Å². The molecule has 0 aromatic rings. The maximum absolute atomic E-state index is 11.1. The normalized spacial score (nSPS) is 10.5. The number of nitrogens with one attached hydrogen (secondary N) is 1. The number of carbonyl (C=O) groups is 1. The van der Waals surface area contributed by atoms with Crippen LogP contribution in [-0.2, 0) is 14.2 Å². The number of hydrogen-bond donors (Lipinski definition) is 1. The van der Waals surface area contributed by atoms with Gasteiger partial charge in [-0.3, -0.25) is 0 Å². The number of amides is 1. The quantitative estimate of drug-likeness (QED) is 0.351. The predicted molar refractivity (Wildman–Crippen MR) is 56.4 cm³/mol. The van der Waals surface area contributed by atoms with Gasteiger partial charge in [0, 0.05) is 13.2 Å². The van der Waals surface area contributed by atoms with Crippen LogP contribution in [0.4, 0.5) is 4.79 Å². The van der Waals surface area contributed by atoms with Gasteiger partial charge in [-0.25, -0.2) is 11.9 Å². The molecule has 0 aliphatic rings. The zero-order chi connectivity index (χ0) is 11.7. The average molecular weight is 257 g/mol. The molecule has 0 heterocycles. The molecular formula is C10H20KNO4. The molecule has 0 aromatic heterocycles. The largest absolute Gasteiger partial charge is 1.00 e. The van der Waals surface area contributed by atoms with E-state index in [2.05, 4.69) is 17.2 Å². The maximum Gasteiger partial charge on any atom is 1.00 e. The Kier molecular flexibility index (Phi) is 13.1. The van der Waals surface area contributed by atoms with Crippen LogP contribution < -0.4 is 56.7 Å². The fourth-order valence-electron chi connectivity index (χ4n) is 0.759. The second kappa shape index (κ2) is 10.9. The summed E-state index contributed by atoms with van der Waals surface area (Å²) in [5.74, 6) is 0. The Hall–Kier alpha value is 0.826. The minimum Gasteiger partial charge on any atom is -0.553 e. The average Bonchev–Trinajstić information content (AvgIpc) is 2.08. The van der Waals surface area contributed by atoms with E-state index in [9.17, 15) is 4.79 Å². The Morgan fingerprint density at radius 3 is 2.38 bits per heavy atom. The van der Waals surface area contributed by atoms with Crippen LogP contribution in [-0.4, -0.2) is 38.1 Å². The van der Waals surface area contributed by atoms with Gasteiger partial charge in [0.05, 0.1) is 13.2 Å².